The van der Waals surface area contributed by atoms with Gasteiger partial charge < -0.3 is 10.6 Å². The van der Waals surface area contributed by atoms with E-state index in [-0.39, 0.29) is 11.9 Å². The maximum absolute atomic E-state index is 11.8. The van der Waals surface area contributed by atoms with Crippen molar-refractivity contribution in [3.63, 3.8) is 0 Å². The highest BCUT2D eigenvalue weighted by molar-refractivity contribution is 5.78. The number of amides is 1. The Hall–Kier alpha value is -1.35. The number of carbonyl (C=O) groups excluding carboxylic acids is 1. The van der Waals surface area contributed by atoms with Crippen LogP contribution in [0.4, 0.5) is 0 Å². The molecule has 20 heavy (non-hydrogen) atoms. The summed E-state index contributed by atoms with van der Waals surface area (Å²) in [4.78, 5) is 11.8. The molecule has 0 aromatic heterocycles. The van der Waals surface area contributed by atoms with Crippen LogP contribution in [-0.2, 0) is 11.2 Å². The van der Waals surface area contributed by atoms with Crippen LogP contribution in [-0.4, -0.2) is 19.5 Å². The van der Waals surface area contributed by atoms with E-state index in [1.165, 1.54) is 24.0 Å². The zero-order valence-electron chi connectivity index (χ0n) is 12.8. The lowest BCUT2D eigenvalue weighted by Gasteiger charge is -2.19. The Labute approximate surface area is 122 Å². The highest BCUT2D eigenvalue weighted by Gasteiger charge is 2.33. The molecule has 0 radical (unpaired) electrons. The molecule has 1 atom stereocenters. The average Bonchev–Trinajstić information content (AvgIpc) is 3.21. The van der Waals surface area contributed by atoms with E-state index in [4.69, 9.17) is 0 Å². The monoisotopic (exact) mass is 274 g/mol. The lowest BCUT2D eigenvalue weighted by Crippen LogP contribution is -2.35. The van der Waals surface area contributed by atoms with E-state index in [0.29, 0.717) is 18.4 Å². The van der Waals surface area contributed by atoms with Gasteiger partial charge in [0.05, 0.1) is 12.6 Å². The second-order valence-corrected chi connectivity index (χ2v) is 6.25. The Kier molecular flexibility index (Phi) is 5.18. The minimum Gasteiger partial charge on any atom is -0.348 e. The number of hydrogen-bond donors (Lipinski definition) is 2. The summed E-state index contributed by atoms with van der Waals surface area (Å²) in [5.74, 6) is 1.37. The van der Waals surface area contributed by atoms with E-state index in [1.54, 1.807) is 7.05 Å². The van der Waals surface area contributed by atoms with Crippen molar-refractivity contribution in [2.45, 2.75) is 39.2 Å². The van der Waals surface area contributed by atoms with Crippen molar-refractivity contribution in [1.29, 1.82) is 0 Å². The molecule has 0 bridgehead atoms. The average molecular weight is 274 g/mol. The highest BCUT2D eigenvalue weighted by atomic mass is 16.1. The zero-order valence-corrected chi connectivity index (χ0v) is 12.8. The Morgan fingerprint density at radius 1 is 1.25 bits per heavy atom. The van der Waals surface area contributed by atoms with Crippen LogP contribution in [0, 0.1) is 11.8 Å². The SMILES string of the molecule is CNCC(=O)NC(c1ccc(CC(C)C)cc1)C1CC1. The molecule has 1 aromatic rings. The number of rotatable bonds is 7. The Bertz CT molecular complexity index is 435. The quantitative estimate of drug-likeness (QED) is 0.802. The molecule has 2 N–H and O–H groups in total. The van der Waals surface area contributed by atoms with Gasteiger partial charge in [-0.3, -0.25) is 4.79 Å². The molecule has 1 amide bonds. The van der Waals surface area contributed by atoms with Gasteiger partial charge in [0, 0.05) is 0 Å². The molecule has 0 aliphatic heterocycles. The van der Waals surface area contributed by atoms with Gasteiger partial charge in [-0.2, -0.15) is 0 Å². The van der Waals surface area contributed by atoms with E-state index in [0.717, 1.165) is 6.42 Å². The van der Waals surface area contributed by atoms with E-state index in [1.807, 2.05) is 0 Å². The first-order chi connectivity index (χ1) is 9.60. The highest BCUT2D eigenvalue weighted by Crippen LogP contribution is 2.41. The Morgan fingerprint density at radius 3 is 2.40 bits per heavy atom. The normalized spacial score (nSPS) is 16.2. The molecular formula is C17H26N2O. The predicted octanol–water partition coefficient (Wildman–Crippen LogP) is 2.67. The fraction of sp³-hybridized carbons (Fsp3) is 0.588. The number of benzene rings is 1. The molecule has 3 nitrogen and oxygen atoms in total. The van der Waals surface area contributed by atoms with E-state index in [9.17, 15) is 4.79 Å². The summed E-state index contributed by atoms with van der Waals surface area (Å²) in [5, 5.41) is 6.06. The molecule has 110 valence electrons. The zero-order chi connectivity index (χ0) is 14.5. The van der Waals surface area contributed by atoms with Gasteiger partial charge in [-0.25, -0.2) is 0 Å². The lowest BCUT2D eigenvalue weighted by molar-refractivity contribution is -0.121. The first-order valence-corrected chi connectivity index (χ1v) is 7.63. The van der Waals surface area contributed by atoms with Crippen LogP contribution in [0.15, 0.2) is 24.3 Å². The first-order valence-electron chi connectivity index (χ1n) is 7.63. The van der Waals surface area contributed by atoms with E-state index < -0.39 is 0 Å². The van der Waals surface area contributed by atoms with Crippen molar-refractivity contribution in [3.8, 4) is 0 Å². The van der Waals surface area contributed by atoms with Crippen molar-refractivity contribution >= 4 is 5.91 Å². The smallest absolute Gasteiger partial charge is 0.234 e. The van der Waals surface area contributed by atoms with E-state index >= 15 is 0 Å². The lowest BCUT2D eigenvalue weighted by atomic mass is 9.97. The van der Waals surface area contributed by atoms with Crippen LogP contribution < -0.4 is 10.6 Å². The molecule has 1 aromatic carbocycles. The molecule has 2 rings (SSSR count). The molecule has 1 saturated carbocycles. The van der Waals surface area contributed by atoms with Gasteiger partial charge in [0.25, 0.3) is 0 Å². The number of carbonyl (C=O) groups is 1. The summed E-state index contributed by atoms with van der Waals surface area (Å²) < 4.78 is 0. The third-order valence-corrected chi connectivity index (χ3v) is 3.73. The van der Waals surface area contributed by atoms with Gasteiger partial charge in [0.15, 0.2) is 0 Å². The molecule has 0 spiro atoms. The van der Waals surface area contributed by atoms with Gasteiger partial charge in [-0.05, 0) is 49.3 Å². The van der Waals surface area contributed by atoms with Gasteiger partial charge in [0.2, 0.25) is 5.91 Å². The van der Waals surface area contributed by atoms with Gasteiger partial charge >= 0.3 is 0 Å². The van der Waals surface area contributed by atoms with Crippen molar-refractivity contribution in [3.05, 3.63) is 35.4 Å². The number of nitrogens with one attached hydrogen (secondary N) is 2. The molecule has 1 aliphatic rings. The maximum atomic E-state index is 11.8. The van der Waals surface area contributed by atoms with Crippen LogP contribution in [0.3, 0.4) is 0 Å². The molecule has 3 heteroatoms. The van der Waals surface area contributed by atoms with Crippen molar-refractivity contribution < 1.29 is 4.79 Å². The topological polar surface area (TPSA) is 41.1 Å². The Balaban J connectivity index is 2.03. The van der Waals surface area contributed by atoms with Gasteiger partial charge in [0.1, 0.15) is 0 Å². The van der Waals surface area contributed by atoms with Crippen LogP contribution in [0.5, 0.6) is 0 Å². The molecule has 1 unspecified atom stereocenters. The van der Waals surface area contributed by atoms with E-state index in [2.05, 4.69) is 48.7 Å². The molecule has 1 aliphatic carbocycles. The van der Waals surface area contributed by atoms with Crippen molar-refractivity contribution in [2.24, 2.45) is 11.8 Å². The fourth-order valence-corrected chi connectivity index (χ4v) is 2.62. The number of hydrogen-bond acceptors (Lipinski definition) is 2. The van der Waals surface area contributed by atoms with Gasteiger partial charge in [-0.1, -0.05) is 38.1 Å². The third kappa shape index (κ3) is 4.34. The summed E-state index contributed by atoms with van der Waals surface area (Å²) in [7, 11) is 1.80. The summed E-state index contributed by atoms with van der Waals surface area (Å²) >= 11 is 0. The fourth-order valence-electron chi connectivity index (χ4n) is 2.62. The van der Waals surface area contributed by atoms with Crippen LogP contribution in [0.25, 0.3) is 0 Å². The second kappa shape index (κ2) is 6.89. The second-order valence-electron chi connectivity index (χ2n) is 6.25. The molecular weight excluding hydrogens is 248 g/mol. The first kappa shape index (κ1) is 15.0. The summed E-state index contributed by atoms with van der Waals surface area (Å²) in [6, 6.07) is 8.95. The standard InChI is InChI=1S/C17H26N2O/c1-12(2)10-13-4-6-14(7-5-13)17(15-8-9-15)19-16(20)11-18-3/h4-7,12,15,17-18H,8-11H2,1-3H3,(H,19,20). The molecule has 0 heterocycles. The largest absolute Gasteiger partial charge is 0.348 e. The van der Waals surface area contributed by atoms with Gasteiger partial charge in [-0.15, -0.1) is 0 Å². The predicted molar refractivity (Wildman–Crippen MR) is 82.5 cm³/mol. The maximum Gasteiger partial charge on any atom is 0.234 e. The minimum atomic E-state index is 0.0793. The van der Waals surface area contributed by atoms with Crippen LogP contribution in [0.2, 0.25) is 0 Å². The summed E-state index contributed by atoms with van der Waals surface area (Å²) in [5.41, 5.74) is 2.62. The van der Waals surface area contributed by atoms with Crippen LogP contribution >= 0.6 is 0 Å². The Morgan fingerprint density at radius 2 is 1.90 bits per heavy atom. The summed E-state index contributed by atoms with van der Waals surface area (Å²) in [6.07, 6.45) is 3.55. The molecule has 0 saturated heterocycles. The number of likely N-dealkylation sites (N-methyl/N-ethyl adjacent to an activating group) is 1. The van der Waals surface area contributed by atoms with Crippen molar-refractivity contribution in [2.75, 3.05) is 13.6 Å². The van der Waals surface area contributed by atoms with Crippen molar-refractivity contribution in [1.82, 2.24) is 10.6 Å². The summed E-state index contributed by atoms with van der Waals surface area (Å²) in [6.45, 7) is 4.85. The van der Waals surface area contributed by atoms with Crippen LogP contribution in [0.1, 0.15) is 43.9 Å². The molecule has 1 fully saturated rings. The third-order valence-electron chi connectivity index (χ3n) is 3.73. The minimum absolute atomic E-state index is 0.0793.